The molecule has 0 saturated heterocycles. The van der Waals surface area contributed by atoms with E-state index in [-0.39, 0.29) is 0 Å². The summed E-state index contributed by atoms with van der Waals surface area (Å²) in [5, 5.41) is 13.3. The van der Waals surface area contributed by atoms with Gasteiger partial charge in [0.05, 0.1) is 16.6 Å². The van der Waals surface area contributed by atoms with Gasteiger partial charge in [0.15, 0.2) is 0 Å². The molecule has 0 aliphatic rings. The largest absolute Gasteiger partial charge is 0.292 e. The number of rotatable bonds is 3. The number of hydrogen-bond donors (Lipinski definition) is 0. The van der Waals surface area contributed by atoms with Gasteiger partial charge in [-0.15, -0.1) is 0 Å². The highest BCUT2D eigenvalue weighted by Gasteiger charge is 2.19. The van der Waals surface area contributed by atoms with Crippen molar-refractivity contribution in [2.45, 2.75) is 0 Å². The van der Waals surface area contributed by atoms with Crippen molar-refractivity contribution in [2.24, 2.45) is 0 Å². The molecule has 0 spiro atoms. The number of nitrogens with zero attached hydrogens (tertiary/aromatic N) is 3. The molecular weight excluding hydrogens is 667 g/mol. The first kappa shape index (κ1) is 30.1. The van der Waals surface area contributed by atoms with E-state index in [1.807, 2.05) is 12.4 Å². The van der Waals surface area contributed by atoms with Crippen LogP contribution in [0.3, 0.4) is 0 Å². The summed E-state index contributed by atoms with van der Waals surface area (Å²) in [5.41, 5.74) is 11.4. The molecule has 0 radical (unpaired) electrons. The zero-order valence-electron chi connectivity index (χ0n) is 29.7. The number of imidazole rings is 1. The average molecular weight is 698 g/mol. The Morgan fingerprint density at radius 2 is 0.909 bits per heavy atom. The van der Waals surface area contributed by atoms with Gasteiger partial charge in [-0.2, -0.15) is 0 Å². The summed E-state index contributed by atoms with van der Waals surface area (Å²) in [6, 6.07) is 64.5. The Morgan fingerprint density at radius 3 is 1.64 bits per heavy atom. The van der Waals surface area contributed by atoms with Crippen LogP contribution in [-0.4, -0.2) is 14.4 Å². The lowest BCUT2D eigenvalue weighted by Crippen LogP contribution is -1.94. The van der Waals surface area contributed by atoms with E-state index in [9.17, 15) is 0 Å². The molecule has 0 amide bonds. The highest BCUT2D eigenvalue weighted by atomic mass is 15.0. The van der Waals surface area contributed by atoms with Gasteiger partial charge in [0, 0.05) is 23.2 Å². The van der Waals surface area contributed by atoms with Crippen molar-refractivity contribution in [3.05, 3.63) is 188 Å². The zero-order valence-corrected chi connectivity index (χ0v) is 29.7. The van der Waals surface area contributed by atoms with Crippen LogP contribution in [0.5, 0.6) is 0 Å². The molecule has 3 aromatic heterocycles. The Labute approximate surface area is 316 Å². The third-order valence-electron chi connectivity index (χ3n) is 11.6. The van der Waals surface area contributed by atoms with E-state index in [1.165, 1.54) is 81.9 Å². The lowest BCUT2D eigenvalue weighted by molar-refractivity contribution is 1.30. The van der Waals surface area contributed by atoms with Crippen LogP contribution in [0, 0.1) is 0 Å². The van der Waals surface area contributed by atoms with Gasteiger partial charge < -0.3 is 0 Å². The predicted molar refractivity (Wildman–Crippen MR) is 232 cm³/mol. The van der Waals surface area contributed by atoms with Gasteiger partial charge in [0.25, 0.3) is 0 Å². The van der Waals surface area contributed by atoms with Crippen LogP contribution in [0.1, 0.15) is 0 Å². The third-order valence-corrected chi connectivity index (χ3v) is 11.6. The van der Waals surface area contributed by atoms with Crippen molar-refractivity contribution in [3.63, 3.8) is 0 Å². The number of aromatic nitrogens is 3. The fraction of sp³-hybridized carbons (Fsp3) is 0. The van der Waals surface area contributed by atoms with E-state index in [2.05, 4.69) is 185 Å². The Hall–Kier alpha value is -7.36. The first-order valence-corrected chi connectivity index (χ1v) is 18.8. The van der Waals surface area contributed by atoms with Crippen molar-refractivity contribution in [2.75, 3.05) is 0 Å². The highest BCUT2D eigenvalue weighted by molar-refractivity contribution is 6.23. The molecule has 12 rings (SSSR count). The van der Waals surface area contributed by atoms with Crippen molar-refractivity contribution in [3.8, 4) is 33.4 Å². The fourth-order valence-electron chi connectivity index (χ4n) is 9.05. The zero-order chi connectivity index (χ0) is 36.0. The minimum absolute atomic E-state index is 0.934. The average Bonchev–Trinajstić information content (AvgIpc) is 3.65. The molecule has 55 heavy (non-hydrogen) atoms. The van der Waals surface area contributed by atoms with Crippen molar-refractivity contribution in [1.82, 2.24) is 14.4 Å². The van der Waals surface area contributed by atoms with E-state index in [4.69, 9.17) is 4.98 Å². The van der Waals surface area contributed by atoms with Crippen molar-refractivity contribution in [1.29, 1.82) is 0 Å². The molecule has 0 atom stereocenters. The van der Waals surface area contributed by atoms with Crippen LogP contribution in [0.2, 0.25) is 0 Å². The molecule has 3 heterocycles. The molecule has 3 nitrogen and oxygen atoms in total. The molecule has 0 aliphatic heterocycles. The molecule has 254 valence electrons. The minimum atomic E-state index is 0.934. The van der Waals surface area contributed by atoms with E-state index in [1.54, 1.807) is 0 Å². The highest BCUT2D eigenvalue weighted by Crippen LogP contribution is 2.46. The topological polar surface area (TPSA) is 30.2 Å². The standard InChI is InChI=1S/C52H31N3/c1-3-11-34-27-38(19-17-32(34)9-1)50-41-13-5-6-14-42(41)51(39-20-18-33-10-2-4-12-35(33)28-39)45-30-36(21-23-43(45)50)37-22-24-48-44(29-37)40-25-26-53-31-46(40)52-54-47-15-7-8-16-49(47)55(48)52/h1-31H. The quantitative estimate of drug-likeness (QED) is 0.136. The molecule has 12 aromatic rings. The van der Waals surface area contributed by atoms with Gasteiger partial charge in [0.2, 0.25) is 0 Å². The number of hydrogen-bond acceptors (Lipinski definition) is 2. The number of para-hydroxylation sites is 2. The van der Waals surface area contributed by atoms with Crippen LogP contribution >= 0.6 is 0 Å². The maximum atomic E-state index is 5.06. The third kappa shape index (κ3) is 4.50. The molecule has 0 saturated carbocycles. The summed E-state index contributed by atoms with van der Waals surface area (Å²) < 4.78 is 2.29. The lowest BCUT2D eigenvalue weighted by Gasteiger charge is -2.19. The summed E-state index contributed by atoms with van der Waals surface area (Å²) in [6.07, 6.45) is 3.84. The Bertz CT molecular complexity index is 3560. The molecule has 9 aromatic carbocycles. The van der Waals surface area contributed by atoms with Gasteiger partial charge in [-0.25, -0.2) is 4.98 Å². The van der Waals surface area contributed by atoms with Gasteiger partial charge >= 0.3 is 0 Å². The van der Waals surface area contributed by atoms with E-state index >= 15 is 0 Å². The van der Waals surface area contributed by atoms with E-state index in [0.717, 1.165) is 33.0 Å². The monoisotopic (exact) mass is 697 g/mol. The van der Waals surface area contributed by atoms with E-state index in [0.29, 0.717) is 0 Å². The maximum absolute atomic E-state index is 5.06. The second kappa shape index (κ2) is 11.6. The van der Waals surface area contributed by atoms with Crippen LogP contribution in [0.15, 0.2) is 188 Å². The molecule has 0 bridgehead atoms. The van der Waals surface area contributed by atoms with Crippen molar-refractivity contribution < 1.29 is 0 Å². The SMILES string of the molecule is c1ccc2cc(-c3c4ccccc4c(-c4ccc5ccccc5c4)c4cc(-c5ccc6c(c5)c5ccncc5c5nc7ccccc7n65)ccc34)ccc2c1. The minimum Gasteiger partial charge on any atom is -0.292 e. The van der Waals surface area contributed by atoms with E-state index < -0.39 is 0 Å². The molecule has 3 heteroatoms. The second-order valence-corrected chi connectivity index (χ2v) is 14.6. The molecule has 0 fully saturated rings. The van der Waals surface area contributed by atoms with Crippen LogP contribution in [-0.2, 0) is 0 Å². The Morgan fingerprint density at radius 1 is 0.345 bits per heavy atom. The van der Waals surface area contributed by atoms with Crippen molar-refractivity contribution >= 4 is 81.4 Å². The fourth-order valence-corrected chi connectivity index (χ4v) is 9.05. The summed E-state index contributed by atoms with van der Waals surface area (Å²) in [5.74, 6) is 0. The van der Waals surface area contributed by atoms with Gasteiger partial charge in [0.1, 0.15) is 5.65 Å². The first-order valence-electron chi connectivity index (χ1n) is 18.8. The maximum Gasteiger partial charge on any atom is 0.147 e. The molecular formula is C52H31N3. The molecule has 0 N–H and O–H groups in total. The van der Waals surface area contributed by atoms with Gasteiger partial charge in [-0.1, -0.05) is 127 Å². The summed E-state index contributed by atoms with van der Waals surface area (Å²) in [7, 11) is 0. The summed E-state index contributed by atoms with van der Waals surface area (Å²) in [6.45, 7) is 0. The number of pyridine rings is 2. The Kier molecular flexibility index (Phi) is 6.34. The molecule has 0 aliphatic carbocycles. The summed E-state index contributed by atoms with van der Waals surface area (Å²) in [4.78, 5) is 9.60. The van der Waals surface area contributed by atoms with Crippen LogP contribution < -0.4 is 0 Å². The predicted octanol–water partition coefficient (Wildman–Crippen LogP) is 13.8. The normalized spacial score (nSPS) is 12.0. The number of benzene rings is 9. The smallest absolute Gasteiger partial charge is 0.147 e. The summed E-state index contributed by atoms with van der Waals surface area (Å²) >= 11 is 0. The lowest BCUT2D eigenvalue weighted by atomic mass is 9.84. The van der Waals surface area contributed by atoms with Crippen LogP contribution in [0.4, 0.5) is 0 Å². The second-order valence-electron chi connectivity index (χ2n) is 14.6. The van der Waals surface area contributed by atoms with Gasteiger partial charge in [-0.05, 0) is 130 Å². The number of fused-ring (bicyclic) bond motifs is 12. The Balaban J connectivity index is 1.17. The first-order chi connectivity index (χ1) is 27.3. The van der Waals surface area contributed by atoms with Crippen LogP contribution in [0.25, 0.3) is 115 Å². The molecule has 0 unspecified atom stereocenters. The van der Waals surface area contributed by atoms with Gasteiger partial charge in [-0.3, -0.25) is 9.38 Å².